The molecule has 0 nitrogen and oxygen atoms in total. The maximum absolute atomic E-state index is 11.9. The summed E-state index contributed by atoms with van der Waals surface area (Å²) in [6.45, 7) is 0.468. The van der Waals surface area contributed by atoms with Crippen LogP contribution in [0.2, 0.25) is 0 Å². The predicted octanol–water partition coefficient (Wildman–Crippen LogP) is 2.81. The van der Waals surface area contributed by atoms with Crippen molar-refractivity contribution in [3.8, 4) is 0 Å². The van der Waals surface area contributed by atoms with Gasteiger partial charge in [0.15, 0.2) is 0 Å². The maximum Gasteiger partial charge on any atom is 0.324 e. The fourth-order valence-corrected chi connectivity index (χ4v) is 0.436. The number of hydrogen-bond donors (Lipinski definition) is 0. The van der Waals surface area contributed by atoms with Gasteiger partial charge in [0.1, 0.15) is 0 Å². The fraction of sp³-hybridized carbons (Fsp3) is 1.00. The van der Waals surface area contributed by atoms with Crippen LogP contribution in [0.5, 0.6) is 0 Å². The van der Waals surface area contributed by atoms with Gasteiger partial charge in [0, 0.05) is 5.92 Å². The molecule has 0 spiro atoms. The van der Waals surface area contributed by atoms with E-state index in [2.05, 4.69) is 11.6 Å². The van der Waals surface area contributed by atoms with Crippen LogP contribution in [0.15, 0.2) is 0 Å². The van der Waals surface area contributed by atoms with Gasteiger partial charge in [-0.15, -0.1) is 0 Å². The summed E-state index contributed by atoms with van der Waals surface area (Å²) in [4.78, 5) is 0. The van der Waals surface area contributed by atoms with E-state index in [1.165, 1.54) is 6.92 Å². The molecule has 56 valence electrons. The molecule has 0 saturated carbocycles. The van der Waals surface area contributed by atoms with Gasteiger partial charge in [0.2, 0.25) is 0 Å². The summed E-state index contributed by atoms with van der Waals surface area (Å²) in [6, 6.07) is 0. The molecule has 4 heteroatoms. The van der Waals surface area contributed by atoms with E-state index in [1.807, 2.05) is 0 Å². The molecular weight excluding hydrogens is 153 g/mol. The van der Waals surface area contributed by atoms with E-state index >= 15 is 0 Å². The highest BCUT2D eigenvalue weighted by atomic mass is 35.5. The molecule has 0 N–H and O–H groups in total. The highest BCUT2D eigenvalue weighted by molar-refractivity contribution is 6.21. The molecule has 0 saturated heterocycles. The Morgan fingerprint density at radius 3 is 2.11 bits per heavy atom. The summed E-state index contributed by atoms with van der Waals surface area (Å²) >= 11 is 4.56. The average Bonchev–Trinajstić information content (AvgIpc) is 1.64. The van der Waals surface area contributed by atoms with Gasteiger partial charge in [-0.1, -0.05) is 6.92 Å². The first-order valence-electron chi connectivity index (χ1n) is 2.61. The second-order valence-electron chi connectivity index (χ2n) is 1.92. The van der Waals surface area contributed by atoms with Gasteiger partial charge in [-0.3, -0.25) is 4.39 Å². The van der Waals surface area contributed by atoms with Gasteiger partial charge < -0.3 is 0 Å². The third-order valence-corrected chi connectivity index (χ3v) is 1.47. The number of alkyl halides is 4. The summed E-state index contributed by atoms with van der Waals surface area (Å²) in [5, 5.41) is -3.26. The Labute approximate surface area is 57.0 Å². The third-order valence-electron chi connectivity index (χ3n) is 1.10. The maximum atomic E-state index is 11.9. The van der Waals surface area contributed by atoms with E-state index in [-0.39, 0.29) is 6.42 Å². The second kappa shape index (κ2) is 3.30. The molecule has 0 aromatic heterocycles. The van der Waals surface area contributed by atoms with Gasteiger partial charge in [-0.05, 0) is 18.0 Å². The van der Waals surface area contributed by atoms with Crippen LogP contribution >= 0.6 is 11.6 Å². The summed E-state index contributed by atoms with van der Waals surface area (Å²) < 4.78 is 35.2. The Morgan fingerprint density at radius 1 is 1.56 bits per heavy atom. The lowest BCUT2D eigenvalue weighted by Crippen LogP contribution is -2.18. The molecule has 0 aliphatic rings. The van der Waals surface area contributed by atoms with Crippen molar-refractivity contribution in [2.24, 2.45) is 5.92 Å². The zero-order valence-electron chi connectivity index (χ0n) is 5.00. The molecule has 0 heterocycles. The normalized spacial score (nSPS) is 15.7. The Hall–Kier alpha value is 0.0800. The Morgan fingerprint density at radius 2 is 2.00 bits per heavy atom. The van der Waals surface area contributed by atoms with E-state index in [4.69, 9.17) is 0 Å². The highest BCUT2D eigenvalue weighted by Crippen LogP contribution is 2.30. The van der Waals surface area contributed by atoms with Crippen LogP contribution in [0, 0.1) is 5.92 Å². The number of halogens is 4. The number of rotatable bonds is 3. The zero-order chi connectivity index (χ0) is 7.49. The van der Waals surface area contributed by atoms with Crippen molar-refractivity contribution in [1.82, 2.24) is 0 Å². The first kappa shape index (κ1) is 9.08. The first-order valence-corrected chi connectivity index (χ1v) is 2.99. The summed E-state index contributed by atoms with van der Waals surface area (Å²) in [6.07, 6.45) is -0.184. The monoisotopic (exact) mass is 160 g/mol. The Balaban J connectivity index is 3.59. The lowest BCUT2D eigenvalue weighted by Gasteiger charge is -2.14. The minimum absolute atomic E-state index is 0.184. The van der Waals surface area contributed by atoms with Crippen LogP contribution in [0.4, 0.5) is 13.2 Å². The quantitative estimate of drug-likeness (QED) is 0.557. The second-order valence-corrected chi connectivity index (χ2v) is 2.42. The molecule has 0 aromatic rings. The van der Waals surface area contributed by atoms with Gasteiger partial charge in [0.05, 0.1) is 6.67 Å². The van der Waals surface area contributed by atoms with Crippen molar-refractivity contribution < 1.29 is 13.2 Å². The van der Waals surface area contributed by atoms with Gasteiger partial charge in [-0.2, -0.15) is 8.78 Å². The third kappa shape index (κ3) is 3.62. The molecule has 9 heavy (non-hydrogen) atoms. The van der Waals surface area contributed by atoms with E-state index < -0.39 is 18.0 Å². The highest BCUT2D eigenvalue weighted by Gasteiger charge is 2.32. The van der Waals surface area contributed by atoms with Crippen LogP contribution < -0.4 is 0 Å². The lowest BCUT2D eigenvalue weighted by molar-refractivity contribution is 0.0303. The van der Waals surface area contributed by atoms with Crippen LogP contribution in [0.25, 0.3) is 0 Å². The van der Waals surface area contributed by atoms with Crippen molar-refractivity contribution in [1.29, 1.82) is 0 Å². The molecule has 0 fully saturated rings. The molecule has 0 bridgehead atoms. The smallest absolute Gasteiger partial charge is 0.251 e. The zero-order valence-corrected chi connectivity index (χ0v) is 5.76. The van der Waals surface area contributed by atoms with Gasteiger partial charge in [0.25, 0.3) is 0 Å². The van der Waals surface area contributed by atoms with Crippen molar-refractivity contribution in [3.63, 3.8) is 0 Å². The average molecular weight is 161 g/mol. The SMILES string of the molecule is CC(CCF)C(F)(F)Cl. The van der Waals surface area contributed by atoms with Crippen molar-refractivity contribution in [3.05, 3.63) is 0 Å². The minimum Gasteiger partial charge on any atom is -0.251 e. The van der Waals surface area contributed by atoms with E-state index in [0.717, 1.165) is 0 Å². The Bertz CT molecular complexity index is 78.8. The van der Waals surface area contributed by atoms with Crippen molar-refractivity contribution in [2.45, 2.75) is 18.7 Å². The molecule has 0 amide bonds. The molecule has 0 aliphatic carbocycles. The Kier molecular flexibility index (Phi) is 3.33. The van der Waals surface area contributed by atoms with E-state index in [0.29, 0.717) is 0 Å². The van der Waals surface area contributed by atoms with Crippen LogP contribution in [0.3, 0.4) is 0 Å². The molecule has 0 aliphatic heterocycles. The molecule has 0 aromatic carbocycles. The molecule has 1 atom stereocenters. The summed E-state index contributed by atoms with van der Waals surface area (Å²) in [7, 11) is 0. The van der Waals surface area contributed by atoms with E-state index in [9.17, 15) is 13.2 Å². The lowest BCUT2D eigenvalue weighted by atomic mass is 10.1. The van der Waals surface area contributed by atoms with Crippen molar-refractivity contribution >= 4 is 11.6 Å². The predicted molar refractivity (Wildman–Crippen MR) is 30.6 cm³/mol. The van der Waals surface area contributed by atoms with E-state index in [1.54, 1.807) is 0 Å². The standard InChI is InChI=1S/C5H8ClF3/c1-4(2-3-7)5(6,8)9/h4H,2-3H2,1H3. The van der Waals surface area contributed by atoms with Crippen LogP contribution in [-0.2, 0) is 0 Å². The first-order chi connectivity index (χ1) is 3.98. The number of hydrogen-bond acceptors (Lipinski definition) is 0. The fourth-order valence-electron chi connectivity index (χ4n) is 0.327. The summed E-state index contributed by atoms with van der Waals surface area (Å²) in [5.74, 6) is -1.08. The summed E-state index contributed by atoms with van der Waals surface area (Å²) in [5.41, 5.74) is 0. The van der Waals surface area contributed by atoms with Crippen LogP contribution in [-0.4, -0.2) is 12.1 Å². The molecule has 0 radical (unpaired) electrons. The van der Waals surface area contributed by atoms with Gasteiger partial charge >= 0.3 is 5.38 Å². The molecular formula is C5H8ClF3. The minimum atomic E-state index is -3.26. The van der Waals surface area contributed by atoms with Gasteiger partial charge in [-0.25, -0.2) is 0 Å². The molecule has 0 rings (SSSR count). The topological polar surface area (TPSA) is 0 Å². The molecule has 1 unspecified atom stereocenters. The van der Waals surface area contributed by atoms with Crippen molar-refractivity contribution in [2.75, 3.05) is 6.67 Å². The van der Waals surface area contributed by atoms with Crippen LogP contribution in [0.1, 0.15) is 13.3 Å². The largest absolute Gasteiger partial charge is 0.324 e.